The Hall–Kier alpha value is -6.43. The molecule has 4 unspecified atom stereocenters. The normalized spacial score (nSPS) is 18.5. The molecule has 2 fully saturated rings. The highest BCUT2D eigenvalue weighted by atomic mass is 35.5. The molecule has 4 amide bonds. The molecule has 0 radical (unpaired) electrons. The number of aromatic nitrogens is 5. The lowest BCUT2D eigenvalue weighted by Crippen LogP contribution is -2.58. The van der Waals surface area contributed by atoms with Crippen molar-refractivity contribution < 1.29 is 37.1 Å². The second-order valence-corrected chi connectivity index (χ2v) is 16.2. The van der Waals surface area contributed by atoms with Crippen molar-refractivity contribution in [1.29, 1.82) is 0 Å². The van der Waals surface area contributed by atoms with E-state index in [-0.39, 0.29) is 63.3 Å². The van der Waals surface area contributed by atoms with Crippen LogP contribution < -0.4 is 15.5 Å². The molecule has 4 atom stereocenters. The van der Waals surface area contributed by atoms with E-state index in [9.17, 15) is 32.3 Å². The lowest BCUT2D eigenvalue weighted by Gasteiger charge is -2.44. The zero-order valence-corrected chi connectivity index (χ0v) is 35.3. The number of anilines is 2. The number of aromatic amines is 2. The van der Waals surface area contributed by atoms with Gasteiger partial charge in [0.2, 0.25) is 5.91 Å². The number of alkyl halides is 3. The Labute approximate surface area is 360 Å². The molecule has 2 aliphatic rings. The van der Waals surface area contributed by atoms with Gasteiger partial charge in [-0.3, -0.25) is 14.4 Å². The van der Waals surface area contributed by atoms with Crippen molar-refractivity contribution in [2.45, 2.75) is 70.9 Å². The van der Waals surface area contributed by atoms with Crippen molar-refractivity contribution >= 4 is 46.9 Å². The van der Waals surface area contributed by atoms with E-state index in [0.717, 1.165) is 12.5 Å². The number of rotatable bonds is 10. The molecule has 0 bridgehead atoms. The molecule has 2 aliphatic heterocycles. The number of amides is 4. The monoisotopic (exact) mass is 874 g/mol. The average molecular weight is 875 g/mol. The molecular formula is C43H46ClF3N10O5. The van der Waals surface area contributed by atoms with E-state index in [1.165, 1.54) is 50.1 Å². The van der Waals surface area contributed by atoms with Crippen LogP contribution in [-0.4, -0.2) is 103 Å². The molecule has 62 heavy (non-hydrogen) atoms. The molecule has 2 aromatic carbocycles. The van der Waals surface area contributed by atoms with E-state index in [1.807, 2.05) is 32.6 Å². The highest BCUT2D eigenvalue weighted by molar-refractivity contribution is 6.34. The summed E-state index contributed by atoms with van der Waals surface area (Å²) >= 11 is 6.55. The van der Waals surface area contributed by atoms with Crippen LogP contribution >= 0.6 is 11.6 Å². The molecule has 7 rings (SSSR count). The van der Waals surface area contributed by atoms with Crippen LogP contribution in [0.2, 0.25) is 5.02 Å². The summed E-state index contributed by atoms with van der Waals surface area (Å²) in [4.78, 5) is 76.4. The Morgan fingerprint density at radius 1 is 0.935 bits per heavy atom. The molecule has 2 saturated heterocycles. The fourth-order valence-corrected chi connectivity index (χ4v) is 8.17. The summed E-state index contributed by atoms with van der Waals surface area (Å²) in [5.41, 5.74) is 0.581. The molecule has 0 aliphatic carbocycles. The van der Waals surface area contributed by atoms with Crippen LogP contribution in [-0.2, 0) is 15.7 Å². The predicted octanol–water partition coefficient (Wildman–Crippen LogP) is 7.57. The van der Waals surface area contributed by atoms with E-state index < -0.39 is 29.8 Å². The number of H-pyrrole nitrogens is 2. The molecule has 5 heterocycles. The lowest BCUT2D eigenvalue weighted by molar-refractivity contribution is -0.137. The highest BCUT2D eigenvalue weighted by Gasteiger charge is 2.39. The number of piperazine rings is 1. The summed E-state index contributed by atoms with van der Waals surface area (Å²) in [7, 11) is 1.23. The summed E-state index contributed by atoms with van der Waals surface area (Å²) in [6, 6.07) is 10.2. The van der Waals surface area contributed by atoms with Crippen molar-refractivity contribution in [1.82, 2.24) is 40.0 Å². The Kier molecular flexibility index (Phi) is 12.6. The third-order valence-electron chi connectivity index (χ3n) is 11.3. The first-order valence-corrected chi connectivity index (χ1v) is 20.5. The molecule has 19 heteroatoms. The summed E-state index contributed by atoms with van der Waals surface area (Å²) < 4.78 is 48.6. The molecular weight excluding hydrogens is 829 g/mol. The van der Waals surface area contributed by atoms with Gasteiger partial charge >= 0.3 is 12.3 Å². The first-order chi connectivity index (χ1) is 29.5. The van der Waals surface area contributed by atoms with Gasteiger partial charge < -0.3 is 40.0 Å². The minimum Gasteiger partial charge on any atom is -0.453 e. The summed E-state index contributed by atoms with van der Waals surface area (Å²) in [6.45, 7) is 8.95. The predicted molar refractivity (Wildman–Crippen MR) is 225 cm³/mol. The van der Waals surface area contributed by atoms with Gasteiger partial charge in [-0.1, -0.05) is 49.7 Å². The summed E-state index contributed by atoms with van der Waals surface area (Å²) in [5, 5.41) is 5.04. The van der Waals surface area contributed by atoms with Crippen LogP contribution in [0.5, 0.6) is 0 Å². The summed E-state index contributed by atoms with van der Waals surface area (Å²) in [5.74, 6) is -0.176. The first kappa shape index (κ1) is 43.7. The number of ether oxygens (including phenoxy) is 1. The second kappa shape index (κ2) is 17.9. The number of nitrogens with one attached hydrogen (secondary N) is 4. The standard InChI is InChI=1S/C43H46ClF3N10O5/c1-23(2)37(54-42(61)62-5)41(60)55-14-6-7-35(55)38-50-19-33(52-38)27-10-8-26(9-11-27)29-15-31(44)32(16-30(29)43(45,46)47)53-39(58)28-12-13-36(49-17-28)56-20-25(4)57(21-24(56)3)40(59)34-18-48-22-51-34/h8-13,15-19,22-25,35,37H,6-7,14,20-21H2,1-5H3,(H,48,51)(H,50,52)(H,53,58)(H,54,61). The number of imidazole rings is 2. The minimum absolute atomic E-state index is 0.101. The number of hydrogen-bond donors (Lipinski definition) is 4. The SMILES string of the molecule is COC(=O)NC(C(=O)N1CCCC1c1ncc(-c2ccc(-c3cc(Cl)c(NC(=O)c4ccc(N5CC(C)N(C(=O)c6cnc[nH]6)CC5C)nc4)cc3C(F)(F)F)cc2)[nH]1)C(C)C. The van der Waals surface area contributed by atoms with Crippen molar-refractivity contribution in [2.75, 3.05) is 37.0 Å². The molecule has 0 spiro atoms. The number of methoxy groups -OCH3 is 1. The number of nitrogens with zero attached hydrogens (tertiary/aromatic N) is 6. The van der Waals surface area contributed by atoms with E-state index >= 15 is 0 Å². The number of pyridine rings is 1. The zero-order valence-electron chi connectivity index (χ0n) is 34.6. The van der Waals surface area contributed by atoms with Gasteiger partial charge in [-0.15, -0.1) is 0 Å². The van der Waals surface area contributed by atoms with Gasteiger partial charge in [0.15, 0.2) is 0 Å². The number of carbonyl (C=O) groups is 4. The molecule has 15 nitrogen and oxygen atoms in total. The van der Waals surface area contributed by atoms with Gasteiger partial charge in [-0.05, 0) is 73.6 Å². The third-order valence-corrected chi connectivity index (χ3v) is 11.6. The van der Waals surface area contributed by atoms with Gasteiger partial charge in [0, 0.05) is 37.9 Å². The Balaban J connectivity index is 1.03. The number of alkyl carbamates (subject to hydrolysis) is 1. The maximum Gasteiger partial charge on any atom is 0.417 e. The topological polar surface area (TPSA) is 182 Å². The molecule has 4 N–H and O–H groups in total. The van der Waals surface area contributed by atoms with Gasteiger partial charge in [0.1, 0.15) is 23.4 Å². The van der Waals surface area contributed by atoms with Gasteiger partial charge in [-0.25, -0.2) is 19.7 Å². The van der Waals surface area contributed by atoms with E-state index in [1.54, 1.807) is 34.2 Å². The van der Waals surface area contributed by atoms with Gasteiger partial charge in [-0.2, -0.15) is 13.2 Å². The molecule has 5 aromatic rings. The molecule has 0 saturated carbocycles. The van der Waals surface area contributed by atoms with Crippen LogP contribution in [0.3, 0.4) is 0 Å². The van der Waals surface area contributed by atoms with Crippen molar-refractivity contribution in [3.8, 4) is 22.4 Å². The Morgan fingerprint density at radius 2 is 1.68 bits per heavy atom. The van der Waals surface area contributed by atoms with Crippen LogP contribution in [0.4, 0.5) is 29.5 Å². The van der Waals surface area contributed by atoms with E-state index in [0.29, 0.717) is 54.6 Å². The van der Waals surface area contributed by atoms with Crippen LogP contribution in [0.1, 0.15) is 78.8 Å². The number of benzene rings is 2. The minimum atomic E-state index is -4.80. The van der Waals surface area contributed by atoms with Crippen molar-refractivity contribution in [2.24, 2.45) is 5.92 Å². The van der Waals surface area contributed by atoms with Crippen molar-refractivity contribution in [3.05, 3.63) is 101 Å². The fraction of sp³-hybridized carbons (Fsp3) is 0.372. The molecule has 326 valence electrons. The van der Waals surface area contributed by atoms with Crippen molar-refractivity contribution in [3.63, 3.8) is 0 Å². The fourth-order valence-electron chi connectivity index (χ4n) is 7.96. The number of likely N-dealkylation sites (tertiary alicyclic amines) is 1. The average Bonchev–Trinajstić information content (AvgIpc) is 4.06. The lowest BCUT2D eigenvalue weighted by atomic mass is 9.97. The third kappa shape index (κ3) is 9.10. The summed E-state index contributed by atoms with van der Waals surface area (Å²) in [6.07, 6.45) is 1.77. The highest BCUT2D eigenvalue weighted by Crippen LogP contribution is 2.42. The maximum atomic E-state index is 14.6. The first-order valence-electron chi connectivity index (χ1n) is 20.1. The zero-order chi connectivity index (χ0) is 44.5. The smallest absolute Gasteiger partial charge is 0.417 e. The van der Waals surface area contributed by atoms with Crippen LogP contribution in [0.15, 0.2) is 73.4 Å². The second-order valence-electron chi connectivity index (χ2n) is 15.8. The largest absolute Gasteiger partial charge is 0.453 e. The number of halogens is 4. The number of carbonyl (C=O) groups excluding carboxylic acids is 4. The Morgan fingerprint density at radius 3 is 2.32 bits per heavy atom. The van der Waals surface area contributed by atoms with Crippen LogP contribution in [0, 0.1) is 5.92 Å². The number of hydrogen-bond acceptors (Lipinski definition) is 9. The quantitative estimate of drug-likeness (QED) is 0.110. The van der Waals surface area contributed by atoms with E-state index in [2.05, 4.69) is 35.6 Å². The molecule has 3 aromatic heterocycles. The maximum absolute atomic E-state index is 14.6. The Bertz CT molecular complexity index is 2430. The van der Waals surface area contributed by atoms with Crippen LogP contribution in [0.25, 0.3) is 22.4 Å². The van der Waals surface area contributed by atoms with Gasteiger partial charge in [0.25, 0.3) is 11.8 Å². The van der Waals surface area contributed by atoms with E-state index in [4.69, 9.17) is 16.3 Å². The van der Waals surface area contributed by atoms with Gasteiger partial charge in [0.05, 0.1) is 59.4 Å².